The summed E-state index contributed by atoms with van der Waals surface area (Å²) in [7, 11) is 0. The lowest BCUT2D eigenvalue weighted by Gasteiger charge is -2.42. The first kappa shape index (κ1) is 15.0. The van der Waals surface area contributed by atoms with Gasteiger partial charge in [0.2, 0.25) is 0 Å². The van der Waals surface area contributed by atoms with Crippen LogP contribution in [0.15, 0.2) is 18.2 Å². The number of alkyl halides is 1. The van der Waals surface area contributed by atoms with Gasteiger partial charge in [0.1, 0.15) is 0 Å². The van der Waals surface area contributed by atoms with E-state index in [0.29, 0.717) is 11.3 Å². The summed E-state index contributed by atoms with van der Waals surface area (Å²) >= 11 is 12.4. The van der Waals surface area contributed by atoms with Gasteiger partial charge in [-0.1, -0.05) is 50.4 Å². The van der Waals surface area contributed by atoms with Crippen molar-refractivity contribution in [2.75, 3.05) is 18.0 Å². The van der Waals surface area contributed by atoms with Crippen molar-refractivity contribution in [1.29, 1.82) is 0 Å². The molecule has 0 unspecified atom stereocenters. The molecule has 0 atom stereocenters. The standard InChI is InChI=1S/C16H23Cl2N/c1-3-16(4-2)8-10-19(11-9-16)15-13(12-17)6-5-7-14(15)18/h5-7H,3-4,8-12H2,1-2H3. The van der Waals surface area contributed by atoms with E-state index in [4.69, 9.17) is 23.2 Å². The van der Waals surface area contributed by atoms with Gasteiger partial charge in [-0.2, -0.15) is 0 Å². The predicted molar refractivity (Wildman–Crippen MR) is 85.5 cm³/mol. The molecular formula is C16H23Cl2N. The van der Waals surface area contributed by atoms with E-state index in [1.165, 1.54) is 25.7 Å². The Morgan fingerprint density at radius 2 is 1.79 bits per heavy atom. The number of halogens is 2. The molecule has 1 nitrogen and oxygen atoms in total. The van der Waals surface area contributed by atoms with Crippen molar-refractivity contribution >= 4 is 28.9 Å². The zero-order valence-corrected chi connectivity index (χ0v) is 13.4. The molecule has 0 radical (unpaired) electrons. The molecule has 1 aliphatic heterocycles. The number of anilines is 1. The number of nitrogens with zero attached hydrogens (tertiary/aromatic N) is 1. The molecule has 3 heteroatoms. The lowest BCUT2D eigenvalue weighted by Crippen LogP contribution is -2.40. The molecule has 0 N–H and O–H groups in total. The Kier molecular flexibility index (Phi) is 5.03. The minimum Gasteiger partial charge on any atom is -0.370 e. The average Bonchev–Trinajstić information content (AvgIpc) is 2.47. The van der Waals surface area contributed by atoms with E-state index in [9.17, 15) is 0 Å². The summed E-state index contributed by atoms with van der Waals surface area (Å²) in [6, 6.07) is 6.03. The van der Waals surface area contributed by atoms with Crippen molar-refractivity contribution in [2.24, 2.45) is 5.41 Å². The molecule has 1 aromatic rings. The highest BCUT2D eigenvalue weighted by atomic mass is 35.5. The first-order valence-electron chi connectivity index (χ1n) is 7.24. The van der Waals surface area contributed by atoms with Crippen LogP contribution in [0.25, 0.3) is 0 Å². The molecule has 0 aliphatic carbocycles. The van der Waals surface area contributed by atoms with E-state index in [0.717, 1.165) is 29.4 Å². The van der Waals surface area contributed by atoms with Crippen LogP contribution in [0.4, 0.5) is 5.69 Å². The molecule has 1 aromatic carbocycles. The Morgan fingerprint density at radius 1 is 1.16 bits per heavy atom. The van der Waals surface area contributed by atoms with Crippen molar-refractivity contribution in [2.45, 2.75) is 45.4 Å². The maximum absolute atomic E-state index is 6.38. The highest BCUT2D eigenvalue weighted by Gasteiger charge is 2.32. The number of hydrogen-bond acceptors (Lipinski definition) is 1. The minimum absolute atomic E-state index is 0.527. The third-order valence-corrected chi connectivity index (χ3v) is 5.45. The van der Waals surface area contributed by atoms with Crippen molar-refractivity contribution in [3.05, 3.63) is 28.8 Å². The van der Waals surface area contributed by atoms with Crippen LogP contribution in [0, 0.1) is 5.41 Å². The van der Waals surface area contributed by atoms with E-state index in [-0.39, 0.29) is 0 Å². The van der Waals surface area contributed by atoms with Crippen LogP contribution >= 0.6 is 23.2 Å². The molecule has 0 saturated carbocycles. The highest BCUT2D eigenvalue weighted by molar-refractivity contribution is 6.33. The molecule has 106 valence electrons. The molecule has 2 rings (SSSR count). The summed E-state index contributed by atoms with van der Waals surface area (Å²) in [5, 5.41) is 0.832. The molecule has 1 heterocycles. The third-order valence-electron chi connectivity index (χ3n) is 4.85. The highest BCUT2D eigenvalue weighted by Crippen LogP contribution is 2.41. The van der Waals surface area contributed by atoms with Crippen LogP contribution in [0.5, 0.6) is 0 Å². The van der Waals surface area contributed by atoms with Gasteiger partial charge in [-0.15, -0.1) is 11.6 Å². The molecule has 1 fully saturated rings. The SMILES string of the molecule is CCC1(CC)CCN(c2c(Cl)cccc2CCl)CC1. The van der Waals surface area contributed by atoms with Crippen LogP contribution in [-0.4, -0.2) is 13.1 Å². The van der Waals surface area contributed by atoms with Gasteiger partial charge in [0, 0.05) is 19.0 Å². The fraction of sp³-hybridized carbons (Fsp3) is 0.625. The van der Waals surface area contributed by atoms with Gasteiger partial charge >= 0.3 is 0 Å². The lowest BCUT2D eigenvalue weighted by molar-refractivity contribution is 0.199. The summed E-state index contributed by atoms with van der Waals surface area (Å²) in [5.74, 6) is 0.527. The fourth-order valence-electron chi connectivity index (χ4n) is 3.18. The zero-order chi connectivity index (χ0) is 13.9. The molecular weight excluding hydrogens is 277 g/mol. The average molecular weight is 300 g/mol. The number of hydrogen-bond donors (Lipinski definition) is 0. The van der Waals surface area contributed by atoms with Gasteiger partial charge in [0.15, 0.2) is 0 Å². The van der Waals surface area contributed by atoms with Gasteiger partial charge in [-0.25, -0.2) is 0 Å². The normalized spacial score (nSPS) is 18.6. The van der Waals surface area contributed by atoms with E-state index in [2.05, 4.69) is 24.8 Å². The van der Waals surface area contributed by atoms with Crippen molar-refractivity contribution in [1.82, 2.24) is 0 Å². The maximum atomic E-state index is 6.38. The fourth-order valence-corrected chi connectivity index (χ4v) is 3.71. The summed E-state index contributed by atoms with van der Waals surface area (Å²) in [6.45, 7) is 6.82. The van der Waals surface area contributed by atoms with Crippen LogP contribution in [-0.2, 0) is 5.88 Å². The molecule has 1 saturated heterocycles. The van der Waals surface area contributed by atoms with Crippen LogP contribution < -0.4 is 4.90 Å². The van der Waals surface area contributed by atoms with Gasteiger partial charge in [-0.3, -0.25) is 0 Å². The lowest BCUT2D eigenvalue weighted by atomic mass is 9.74. The van der Waals surface area contributed by atoms with Crippen LogP contribution in [0.3, 0.4) is 0 Å². The second-order valence-corrected chi connectivity index (χ2v) is 6.25. The van der Waals surface area contributed by atoms with Gasteiger partial charge in [-0.05, 0) is 29.9 Å². The Hall–Kier alpha value is -0.400. The first-order valence-corrected chi connectivity index (χ1v) is 8.15. The summed E-state index contributed by atoms with van der Waals surface area (Å²) in [5.41, 5.74) is 2.84. The summed E-state index contributed by atoms with van der Waals surface area (Å²) in [6.07, 6.45) is 5.07. The van der Waals surface area contributed by atoms with Gasteiger partial charge in [0.05, 0.1) is 10.7 Å². The first-order chi connectivity index (χ1) is 9.15. The third kappa shape index (κ3) is 3.03. The van der Waals surface area contributed by atoms with E-state index >= 15 is 0 Å². The number of para-hydroxylation sites is 1. The van der Waals surface area contributed by atoms with Gasteiger partial charge < -0.3 is 4.90 Å². The number of piperidine rings is 1. The van der Waals surface area contributed by atoms with E-state index in [1.807, 2.05) is 12.1 Å². The molecule has 19 heavy (non-hydrogen) atoms. The number of rotatable bonds is 4. The molecule has 0 spiro atoms. The largest absolute Gasteiger partial charge is 0.370 e. The van der Waals surface area contributed by atoms with E-state index in [1.54, 1.807) is 0 Å². The van der Waals surface area contributed by atoms with Crippen molar-refractivity contribution < 1.29 is 0 Å². The summed E-state index contributed by atoms with van der Waals surface area (Å²) in [4.78, 5) is 2.42. The van der Waals surface area contributed by atoms with Gasteiger partial charge in [0.25, 0.3) is 0 Å². The minimum atomic E-state index is 0.527. The maximum Gasteiger partial charge on any atom is 0.0642 e. The van der Waals surface area contributed by atoms with E-state index < -0.39 is 0 Å². The Balaban J connectivity index is 2.18. The Bertz CT molecular complexity index is 417. The second-order valence-electron chi connectivity index (χ2n) is 5.58. The molecule has 0 bridgehead atoms. The summed E-state index contributed by atoms with van der Waals surface area (Å²) < 4.78 is 0. The monoisotopic (exact) mass is 299 g/mol. The quantitative estimate of drug-likeness (QED) is 0.665. The number of benzene rings is 1. The molecule has 1 aliphatic rings. The van der Waals surface area contributed by atoms with Crippen LogP contribution in [0.1, 0.15) is 45.1 Å². The topological polar surface area (TPSA) is 3.24 Å². The van der Waals surface area contributed by atoms with Crippen molar-refractivity contribution in [3.8, 4) is 0 Å². The zero-order valence-electron chi connectivity index (χ0n) is 11.9. The smallest absolute Gasteiger partial charge is 0.0642 e. The Labute approximate surface area is 126 Å². The Morgan fingerprint density at radius 3 is 2.32 bits per heavy atom. The molecule has 0 amide bonds. The molecule has 0 aromatic heterocycles. The predicted octanol–water partition coefficient (Wildman–Crippen LogP) is 5.49. The van der Waals surface area contributed by atoms with Crippen LogP contribution in [0.2, 0.25) is 5.02 Å². The van der Waals surface area contributed by atoms with Crippen molar-refractivity contribution in [3.63, 3.8) is 0 Å². The second kappa shape index (κ2) is 6.37.